The summed E-state index contributed by atoms with van der Waals surface area (Å²) >= 11 is 0. The van der Waals surface area contributed by atoms with Crippen LogP contribution < -0.4 is 10.0 Å². The molecule has 1 saturated carbocycles. The molecule has 1 aliphatic carbocycles. The fourth-order valence-corrected chi connectivity index (χ4v) is 3.52. The van der Waals surface area contributed by atoms with Crippen molar-refractivity contribution < 1.29 is 8.42 Å². The average molecular weight is 248 g/mol. The molecular weight excluding hydrogens is 224 g/mol. The standard InChI is InChI=1S/C11H24N2O2S/c1-2-12-9-5-6-10-16(14,15)13-11-7-3-4-8-11/h11-13H,2-10H2,1H3. The van der Waals surface area contributed by atoms with Crippen molar-refractivity contribution in [1.29, 1.82) is 0 Å². The van der Waals surface area contributed by atoms with Crippen LogP contribution in [0.3, 0.4) is 0 Å². The SMILES string of the molecule is CCNCCCCS(=O)(=O)NC1CCCC1. The summed E-state index contributed by atoms with van der Waals surface area (Å²) in [5, 5.41) is 3.19. The van der Waals surface area contributed by atoms with E-state index in [-0.39, 0.29) is 11.8 Å². The summed E-state index contributed by atoms with van der Waals surface area (Å²) in [6.45, 7) is 3.92. The summed E-state index contributed by atoms with van der Waals surface area (Å²) in [5.74, 6) is 0.273. The number of nitrogens with one attached hydrogen (secondary N) is 2. The van der Waals surface area contributed by atoms with Crippen molar-refractivity contribution in [1.82, 2.24) is 10.0 Å². The maximum absolute atomic E-state index is 11.7. The van der Waals surface area contributed by atoms with Gasteiger partial charge in [0.1, 0.15) is 0 Å². The number of rotatable bonds is 8. The first-order valence-electron chi connectivity index (χ1n) is 6.35. The first-order valence-corrected chi connectivity index (χ1v) is 8.00. The summed E-state index contributed by atoms with van der Waals surface area (Å²) < 4.78 is 26.2. The molecule has 0 radical (unpaired) electrons. The Kier molecular flexibility index (Phi) is 6.31. The molecule has 0 unspecified atom stereocenters. The molecule has 16 heavy (non-hydrogen) atoms. The molecule has 0 saturated heterocycles. The van der Waals surface area contributed by atoms with Crippen LogP contribution in [0.15, 0.2) is 0 Å². The monoisotopic (exact) mass is 248 g/mol. The minimum atomic E-state index is -3.03. The third-order valence-electron chi connectivity index (χ3n) is 2.97. The van der Waals surface area contributed by atoms with E-state index in [0.717, 1.165) is 51.6 Å². The molecule has 2 N–H and O–H groups in total. The van der Waals surface area contributed by atoms with Gasteiger partial charge in [0.25, 0.3) is 0 Å². The predicted molar refractivity (Wildman–Crippen MR) is 67.0 cm³/mol. The molecular formula is C11H24N2O2S. The first kappa shape index (κ1) is 13.9. The molecule has 0 amide bonds. The smallest absolute Gasteiger partial charge is 0.211 e. The maximum atomic E-state index is 11.7. The summed E-state index contributed by atoms with van der Waals surface area (Å²) in [6.07, 6.45) is 6.02. The lowest BCUT2D eigenvalue weighted by molar-refractivity contribution is 0.547. The van der Waals surface area contributed by atoms with Gasteiger partial charge in [0, 0.05) is 6.04 Å². The molecule has 0 aromatic carbocycles. The van der Waals surface area contributed by atoms with Gasteiger partial charge in [0.2, 0.25) is 10.0 Å². The molecule has 4 nitrogen and oxygen atoms in total. The van der Waals surface area contributed by atoms with E-state index in [1.54, 1.807) is 0 Å². The Bertz CT molecular complexity index is 272. The normalized spacial score (nSPS) is 18.1. The molecule has 1 fully saturated rings. The van der Waals surface area contributed by atoms with E-state index in [0.29, 0.717) is 0 Å². The van der Waals surface area contributed by atoms with Crippen LogP contribution in [0.1, 0.15) is 45.4 Å². The lowest BCUT2D eigenvalue weighted by Gasteiger charge is -2.12. The van der Waals surface area contributed by atoms with E-state index in [1.165, 1.54) is 0 Å². The molecule has 96 valence electrons. The van der Waals surface area contributed by atoms with Gasteiger partial charge < -0.3 is 5.32 Å². The molecule has 0 aromatic rings. The highest BCUT2D eigenvalue weighted by Crippen LogP contribution is 2.18. The molecule has 0 atom stereocenters. The molecule has 0 aliphatic heterocycles. The first-order chi connectivity index (χ1) is 7.64. The van der Waals surface area contributed by atoms with Gasteiger partial charge in [-0.25, -0.2) is 13.1 Å². The van der Waals surface area contributed by atoms with Crippen LogP contribution >= 0.6 is 0 Å². The van der Waals surface area contributed by atoms with Gasteiger partial charge in [0.05, 0.1) is 5.75 Å². The average Bonchev–Trinajstić information content (AvgIpc) is 2.69. The highest BCUT2D eigenvalue weighted by Gasteiger charge is 2.20. The van der Waals surface area contributed by atoms with Gasteiger partial charge >= 0.3 is 0 Å². The Labute approximate surface area is 99.2 Å². The molecule has 0 bridgehead atoms. The lowest BCUT2D eigenvalue weighted by atomic mass is 10.3. The van der Waals surface area contributed by atoms with Gasteiger partial charge in [-0.15, -0.1) is 0 Å². The topological polar surface area (TPSA) is 58.2 Å². The second-order valence-corrected chi connectivity index (χ2v) is 6.35. The molecule has 0 aromatic heterocycles. The predicted octanol–water partition coefficient (Wildman–Crippen LogP) is 1.24. The second-order valence-electron chi connectivity index (χ2n) is 4.48. The van der Waals surface area contributed by atoms with Crippen LogP contribution in [0.5, 0.6) is 0 Å². The van der Waals surface area contributed by atoms with Gasteiger partial charge in [-0.2, -0.15) is 0 Å². The summed E-state index contributed by atoms with van der Waals surface area (Å²) in [5.41, 5.74) is 0. The highest BCUT2D eigenvalue weighted by molar-refractivity contribution is 7.89. The molecule has 1 aliphatic rings. The lowest BCUT2D eigenvalue weighted by Crippen LogP contribution is -2.34. The van der Waals surface area contributed by atoms with E-state index in [9.17, 15) is 8.42 Å². The Morgan fingerprint density at radius 1 is 1.19 bits per heavy atom. The molecule has 1 rings (SSSR count). The Hall–Kier alpha value is -0.130. The van der Waals surface area contributed by atoms with E-state index in [1.807, 2.05) is 0 Å². The molecule has 0 heterocycles. The van der Waals surface area contributed by atoms with Crippen molar-refractivity contribution in [3.05, 3.63) is 0 Å². The fraction of sp³-hybridized carbons (Fsp3) is 1.00. The maximum Gasteiger partial charge on any atom is 0.211 e. The number of sulfonamides is 1. The van der Waals surface area contributed by atoms with E-state index in [2.05, 4.69) is 17.0 Å². The van der Waals surface area contributed by atoms with Gasteiger partial charge in [-0.3, -0.25) is 0 Å². The van der Waals surface area contributed by atoms with Crippen molar-refractivity contribution in [2.45, 2.75) is 51.5 Å². The Morgan fingerprint density at radius 2 is 1.88 bits per heavy atom. The summed E-state index contributed by atoms with van der Waals surface area (Å²) in [7, 11) is -3.03. The zero-order chi connectivity index (χ0) is 11.9. The van der Waals surface area contributed by atoms with Gasteiger partial charge in [-0.1, -0.05) is 19.8 Å². The third kappa shape index (κ3) is 5.82. The van der Waals surface area contributed by atoms with E-state index in [4.69, 9.17) is 0 Å². The van der Waals surface area contributed by atoms with E-state index < -0.39 is 10.0 Å². The zero-order valence-corrected chi connectivity index (χ0v) is 11.0. The Morgan fingerprint density at radius 3 is 2.50 bits per heavy atom. The van der Waals surface area contributed by atoms with Crippen molar-refractivity contribution in [3.63, 3.8) is 0 Å². The van der Waals surface area contributed by atoms with Crippen molar-refractivity contribution in [2.75, 3.05) is 18.8 Å². The van der Waals surface area contributed by atoms with Crippen LogP contribution in [0.2, 0.25) is 0 Å². The zero-order valence-electron chi connectivity index (χ0n) is 10.2. The molecule has 5 heteroatoms. The largest absolute Gasteiger partial charge is 0.317 e. The van der Waals surface area contributed by atoms with Crippen LogP contribution in [0, 0.1) is 0 Å². The second kappa shape index (κ2) is 7.25. The van der Waals surface area contributed by atoms with Crippen molar-refractivity contribution in [2.24, 2.45) is 0 Å². The minimum absolute atomic E-state index is 0.207. The number of unbranched alkanes of at least 4 members (excludes halogenated alkanes) is 1. The summed E-state index contributed by atoms with van der Waals surface area (Å²) in [6, 6.07) is 0.207. The van der Waals surface area contributed by atoms with Crippen LogP contribution in [0.4, 0.5) is 0 Å². The fourth-order valence-electron chi connectivity index (χ4n) is 2.08. The van der Waals surface area contributed by atoms with Gasteiger partial charge in [-0.05, 0) is 38.8 Å². The minimum Gasteiger partial charge on any atom is -0.317 e. The van der Waals surface area contributed by atoms with Crippen LogP contribution in [-0.2, 0) is 10.0 Å². The summed E-state index contributed by atoms with van der Waals surface area (Å²) in [4.78, 5) is 0. The van der Waals surface area contributed by atoms with Crippen LogP contribution in [0.25, 0.3) is 0 Å². The number of hydrogen-bond acceptors (Lipinski definition) is 3. The molecule has 0 spiro atoms. The van der Waals surface area contributed by atoms with Gasteiger partial charge in [0.15, 0.2) is 0 Å². The third-order valence-corrected chi connectivity index (χ3v) is 4.49. The van der Waals surface area contributed by atoms with Crippen molar-refractivity contribution in [3.8, 4) is 0 Å². The van der Waals surface area contributed by atoms with Crippen LogP contribution in [-0.4, -0.2) is 33.3 Å². The Balaban J connectivity index is 2.13. The van der Waals surface area contributed by atoms with E-state index >= 15 is 0 Å². The number of hydrogen-bond donors (Lipinski definition) is 2. The quantitative estimate of drug-likeness (QED) is 0.635. The van der Waals surface area contributed by atoms with Crippen molar-refractivity contribution >= 4 is 10.0 Å². The highest BCUT2D eigenvalue weighted by atomic mass is 32.2.